The van der Waals surface area contributed by atoms with Gasteiger partial charge >= 0.3 is 0 Å². The van der Waals surface area contributed by atoms with Crippen LogP contribution >= 0.6 is 0 Å². The monoisotopic (exact) mass is 383 g/mol. The summed E-state index contributed by atoms with van der Waals surface area (Å²) in [6.45, 7) is 0.538. The molecule has 4 rings (SSSR count). The van der Waals surface area contributed by atoms with Crippen molar-refractivity contribution in [2.24, 2.45) is 12.0 Å². The lowest BCUT2D eigenvalue weighted by atomic mass is 10.2. The molecule has 27 heavy (non-hydrogen) atoms. The fraction of sp³-hybridized carbons (Fsp3) is 0.167. The van der Waals surface area contributed by atoms with Gasteiger partial charge in [0.05, 0.1) is 28.8 Å². The highest BCUT2D eigenvalue weighted by atomic mass is 32.2. The van der Waals surface area contributed by atoms with Crippen molar-refractivity contribution >= 4 is 32.8 Å². The molecule has 0 saturated heterocycles. The highest BCUT2D eigenvalue weighted by molar-refractivity contribution is 7.90. The number of aromatic nitrogens is 2. The van der Waals surface area contributed by atoms with Crippen LogP contribution in [0.3, 0.4) is 0 Å². The van der Waals surface area contributed by atoms with Crippen LogP contribution in [-0.2, 0) is 17.1 Å². The Morgan fingerprint density at radius 3 is 2.93 bits per heavy atom. The van der Waals surface area contributed by atoms with Crippen LogP contribution in [0.2, 0.25) is 0 Å². The largest absolute Gasteiger partial charge is 0.350 e. The summed E-state index contributed by atoms with van der Waals surface area (Å²) in [5.41, 5.74) is 2.76. The molecule has 0 unspecified atom stereocenters. The molecule has 0 saturated carbocycles. The molecule has 0 spiro atoms. The Morgan fingerprint density at radius 2 is 2.07 bits per heavy atom. The normalized spacial score (nSPS) is 16.3. The van der Waals surface area contributed by atoms with Crippen molar-refractivity contribution in [2.75, 3.05) is 13.1 Å². The number of amides is 1. The van der Waals surface area contributed by atoms with E-state index in [0.29, 0.717) is 17.0 Å². The molecule has 9 heteroatoms. The second kappa shape index (κ2) is 6.51. The molecule has 2 heterocycles. The zero-order valence-electron chi connectivity index (χ0n) is 14.5. The summed E-state index contributed by atoms with van der Waals surface area (Å²) < 4.78 is 28.4. The number of nitrogens with one attached hydrogen (secondary N) is 2. The summed E-state index contributed by atoms with van der Waals surface area (Å²) >= 11 is 0. The molecule has 2 N–H and O–H groups in total. The Balaban J connectivity index is 1.41. The number of benzene rings is 2. The summed E-state index contributed by atoms with van der Waals surface area (Å²) in [6.07, 6.45) is 1.70. The van der Waals surface area contributed by atoms with Gasteiger partial charge in [0.2, 0.25) is 0 Å². The zero-order valence-corrected chi connectivity index (χ0v) is 15.3. The van der Waals surface area contributed by atoms with Gasteiger partial charge in [-0.2, -0.15) is 0 Å². The highest BCUT2D eigenvalue weighted by Crippen LogP contribution is 2.22. The zero-order chi connectivity index (χ0) is 19.0. The number of aliphatic imine (C=N–C) groups is 1. The van der Waals surface area contributed by atoms with Crippen LogP contribution in [0.25, 0.3) is 11.0 Å². The van der Waals surface area contributed by atoms with Crippen LogP contribution < -0.4 is 10.0 Å². The maximum absolute atomic E-state index is 12.3. The van der Waals surface area contributed by atoms with E-state index in [1.54, 1.807) is 36.7 Å². The van der Waals surface area contributed by atoms with Crippen LogP contribution in [0.1, 0.15) is 15.9 Å². The van der Waals surface area contributed by atoms with Gasteiger partial charge in [-0.15, -0.1) is 0 Å². The van der Waals surface area contributed by atoms with Crippen molar-refractivity contribution in [3.05, 3.63) is 59.9 Å². The molecule has 0 atom stereocenters. The Morgan fingerprint density at radius 1 is 1.26 bits per heavy atom. The number of nitrogens with zero attached hydrogens (tertiary/aromatic N) is 3. The van der Waals surface area contributed by atoms with Gasteiger partial charge in [0.25, 0.3) is 15.9 Å². The number of carbonyl (C=O) groups excluding carboxylic acids is 1. The van der Waals surface area contributed by atoms with E-state index in [1.165, 1.54) is 6.07 Å². The number of hydrogen-bond acceptors (Lipinski definition) is 5. The van der Waals surface area contributed by atoms with Gasteiger partial charge < -0.3 is 9.88 Å². The first-order chi connectivity index (χ1) is 13.0. The second-order valence-electron chi connectivity index (χ2n) is 6.15. The average Bonchev–Trinajstić information content (AvgIpc) is 3.16. The molecule has 138 valence electrons. The van der Waals surface area contributed by atoms with Gasteiger partial charge in [-0.05, 0) is 30.3 Å². The predicted molar refractivity (Wildman–Crippen MR) is 101 cm³/mol. The number of amidine groups is 1. The van der Waals surface area contributed by atoms with Crippen molar-refractivity contribution in [3.8, 4) is 0 Å². The van der Waals surface area contributed by atoms with Gasteiger partial charge in [0.15, 0.2) is 0 Å². The van der Waals surface area contributed by atoms with E-state index < -0.39 is 10.0 Å². The summed E-state index contributed by atoms with van der Waals surface area (Å²) in [6, 6.07) is 12.0. The molecule has 0 fully saturated rings. The van der Waals surface area contributed by atoms with Crippen LogP contribution in [0, 0.1) is 0 Å². The number of rotatable bonds is 4. The molecule has 1 aromatic heterocycles. The van der Waals surface area contributed by atoms with Crippen LogP contribution in [0.15, 0.2) is 58.7 Å². The molecule has 1 amide bonds. The van der Waals surface area contributed by atoms with Gasteiger partial charge in [-0.25, -0.2) is 13.4 Å². The molecule has 2 aromatic carbocycles. The van der Waals surface area contributed by atoms with Gasteiger partial charge in [-0.3, -0.25) is 14.5 Å². The number of carbonyl (C=O) groups is 1. The third-order valence-corrected chi connectivity index (χ3v) is 5.71. The van der Waals surface area contributed by atoms with Crippen molar-refractivity contribution in [1.29, 1.82) is 0 Å². The van der Waals surface area contributed by atoms with Gasteiger partial charge in [0.1, 0.15) is 5.84 Å². The molecule has 8 nitrogen and oxygen atoms in total. The number of sulfonamides is 1. The molecule has 0 bridgehead atoms. The minimum absolute atomic E-state index is 0.219. The van der Waals surface area contributed by atoms with E-state index in [-0.39, 0.29) is 23.9 Å². The SMILES string of the molecule is Cn1cnc2cc(C(=O)NCCN=C3NS(=O)(=O)c4ccccc43)ccc21. The number of aryl methyl sites for hydroxylation is 1. The van der Waals surface area contributed by atoms with E-state index >= 15 is 0 Å². The Labute approximate surface area is 156 Å². The molecule has 1 aliphatic heterocycles. The van der Waals surface area contributed by atoms with Crippen molar-refractivity contribution in [3.63, 3.8) is 0 Å². The fourth-order valence-corrected chi connectivity index (χ4v) is 4.22. The Hall–Kier alpha value is -3.20. The first-order valence-electron chi connectivity index (χ1n) is 8.32. The smallest absolute Gasteiger partial charge is 0.263 e. The van der Waals surface area contributed by atoms with E-state index in [4.69, 9.17) is 0 Å². The fourth-order valence-electron chi connectivity index (χ4n) is 2.97. The molecule has 3 aromatic rings. The number of imidazole rings is 1. The quantitative estimate of drug-likeness (QED) is 0.657. The summed E-state index contributed by atoms with van der Waals surface area (Å²) in [7, 11) is -1.65. The summed E-state index contributed by atoms with van der Waals surface area (Å²) in [5.74, 6) is 0.0740. The van der Waals surface area contributed by atoms with Crippen molar-refractivity contribution in [1.82, 2.24) is 19.6 Å². The average molecular weight is 383 g/mol. The summed E-state index contributed by atoms with van der Waals surface area (Å²) in [5, 5.41) is 2.78. The van der Waals surface area contributed by atoms with Crippen LogP contribution in [0.4, 0.5) is 0 Å². The third-order valence-electron chi connectivity index (χ3n) is 4.32. The first kappa shape index (κ1) is 17.2. The number of hydrogen-bond donors (Lipinski definition) is 2. The summed E-state index contributed by atoms with van der Waals surface area (Å²) in [4.78, 5) is 21.0. The van der Waals surface area contributed by atoms with Gasteiger partial charge in [-0.1, -0.05) is 12.1 Å². The molecule has 1 aliphatic rings. The third kappa shape index (κ3) is 3.17. The predicted octanol–water partition coefficient (Wildman–Crippen LogP) is 1.04. The topological polar surface area (TPSA) is 105 Å². The lowest BCUT2D eigenvalue weighted by Gasteiger charge is -2.04. The molecule has 0 radical (unpaired) electrons. The van der Waals surface area contributed by atoms with Crippen LogP contribution in [-0.4, -0.2) is 42.8 Å². The van der Waals surface area contributed by atoms with E-state index in [0.717, 1.165) is 11.0 Å². The minimum Gasteiger partial charge on any atom is -0.350 e. The van der Waals surface area contributed by atoms with E-state index in [1.807, 2.05) is 17.7 Å². The Kier molecular flexibility index (Phi) is 4.15. The van der Waals surface area contributed by atoms with E-state index in [9.17, 15) is 13.2 Å². The van der Waals surface area contributed by atoms with E-state index in [2.05, 4.69) is 20.0 Å². The van der Waals surface area contributed by atoms with Crippen molar-refractivity contribution in [2.45, 2.75) is 4.90 Å². The Bertz CT molecular complexity index is 1180. The lowest BCUT2D eigenvalue weighted by Crippen LogP contribution is -2.27. The van der Waals surface area contributed by atoms with Gasteiger partial charge in [0, 0.05) is 24.7 Å². The van der Waals surface area contributed by atoms with Crippen LogP contribution in [0.5, 0.6) is 0 Å². The van der Waals surface area contributed by atoms with Crippen molar-refractivity contribution < 1.29 is 13.2 Å². The molecular formula is C18H17N5O3S. The second-order valence-corrected chi connectivity index (χ2v) is 7.80. The minimum atomic E-state index is -3.55. The number of fused-ring (bicyclic) bond motifs is 2. The molecular weight excluding hydrogens is 366 g/mol. The standard InChI is InChI=1S/C18H17N5O3S/c1-23-11-21-14-10-12(6-7-15(14)23)18(24)20-9-8-19-17-13-4-2-3-5-16(13)27(25,26)22-17/h2-7,10-11H,8-9H2,1H3,(H,19,22)(H,20,24). The lowest BCUT2D eigenvalue weighted by molar-refractivity contribution is 0.0955. The highest BCUT2D eigenvalue weighted by Gasteiger charge is 2.29. The first-order valence-corrected chi connectivity index (χ1v) is 9.80. The molecule has 0 aliphatic carbocycles. The maximum Gasteiger partial charge on any atom is 0.263 e. The maximum atomic E-state index is 12.3.